The van der Waals surface area contributed by atoms with Crippen molar-refractivity contribution >= 4 is 45.6 Å². The van der Waals surface area contributed by atoms with Gasteiger partial charge >= 0.3 is 0 Å². The van der Waals surface area contributed by atoms with Crippen LogP contribution in [0.2, 0.25) is 10.0 Å². The minimum Gasteiger partial charge on any atom is -0.382 e. The molecule has 1 heterocycles. The number of nitrogens with one attached hydrogen (secondary N) is 1. The molecular formula is C16H13Cl2N3. The SMILES string of the molecule is Nc1nc(NCc2cccc3ccccc23)c(Cl)cc1Cl. The summed E-state index contributed by atoms with van der Waals surface area (Å²) in [7, 11) is 0. The predicted octanol–water partition coefficient (Wildman–Crippen LogP) is 4.74. The molecule has 0 fully saturated rings. The van der Waals surface area contributed by atoms with Gasteiger partial charge in [0.25, 0.3) is 0 Å². The van der Waals surface area contributed by atoms with E-state index in [1.165, 1.54) is 16.3 Å². The molecule has 0 aliphatic rings. The number of hydrogen-bond donors (Lipinski definition) is 2. The molecule has 5 heteroatoms. The highest BCUT2D eigenvalue weighted by Crippen LogP contribution is 2.28. The van der Waals surface area contributed by atoms with E-state index in [9.17, 15) is 0 Å². The van der Waals surface area contributed by atoms with E-state index in [0.717, 1.165) is 0 Å². The lowest BCUT2D eigenvalue weighted by atomic mass is 10.0. The quantitative estimate of drug-likeness (QED) is 0.733. The van der Waals surface area contributed by atoms with Crippen molar-refractivity contribution in [1.29, 1.82) is 0 Å². The van der Waals surface area contributed by atoms with Gasteiger partial charge in [-0.15, -0.1) is 0 Å². The number of fused-ring (bicyclic) bond motifs is 1. The van der Waals surface area contributed by atoms with E-state index in [1.54, 1.807) is 6.07 Å². The molecule has 0 saturated carbocycles. The third-order valence-corrected chi connectivity index (χ3v) is 3.87. The standard InChI is InChI=1S/C16H13Cl2N3/c17-13-8-14(18)16(21-15(13)19)20-9-11-6-3-5-10-4-1-2-7-12(10)11/h1-8H,9H2,(H3,19,20,21). The number of rotatable bonds is 3. The molecule has 0 aliphatic heterocycles. The van der Waals surface area contributed by atoms with Crippen molar-refractivity contribution in [1.82, 2.24) is 4.98 Å². The first kappa shape index (κ1) is 14.0. The van der Waals surface area contributed by atoms with Crippen molar-refractivity contribution in [2.75, 3.05) is 11.1 Å². The van der Waals surface area contributed by atoms with Gasteiger partial charge in [-0.2, -0.15) is 0 Å². The summed E-state index contributed by atoms with van der Waals surface area (Å²) in [6, 6.07) is 16.0. The zero-order valence-corrected chi connectivity index (χ0v) is 12.6. The Kier molecular flexibility index (Phi) is 3.86. The van der Waals surface area contributed by atoms with Gasteiger partial charge in [0, 0.05) is 6.54 Å². The van der Waals surface area contributed by atoms with Gasteiger partial charge in [-0.3, -0.25) is 0 Å². The highest BCUT2D eigenvalue weighted by Gasteiger charge is 2.07. The van der Waals surface area contributed by atoms with Crippen molar-refractivity contribution in [3.63, 3.8) is 0 Å². The molecule has 21 heavy (non-hydrogen) atoms. The van der Waals surface area contributed by atoms with E-state index in [0.29, 0.717) is 22.4 Å². The lowest BCUT2D eigenvalue weighted by Gasteiger charge is -2.11. The molecule has 0 atom stereocenters. The van der Waals surface area contributed by atoms with Crippen LogP contribution in [0.3, 0.4) is 0 Å². The van der Waals surface area contributed by atoms with Gasteiger partial charge in [0.1, 0.15) is 11.6 Å². The van der Waals surface area contributed by atoms with E-state index >= 15 is 0 Å². The molecular weight excluding hydrogens is 305 g/mol. The predicted molar refractivity (Wildman–Crippen MR) is 89.9 cm³/mol. The van der Waals surface area contributed by atoms with Gasteiger partial charge in [0.15, 0.2) is 0 Å². The van der Waals surface area contributed by atoms with Crippen molar-refractivity contribution < 1.29 is 0 Å². The summed E-state index contributed by atoms with van der Waals surface area (Å²) in [5.74, 6) is 0.799. The van der Waals surface area contributed by atoms with E-state index in [2.05, 4.69) is 34.6 Å². The molecule has 0 amide bonds. The molecule has 1 aromatic heterocycles. The normalized spacial score (nSPS) is 10.8. The second-order valence-corrected chi connectivity index (χ2v) is 5.49. The topological polar surface area (TPSA) is 50.9 Å². The van der Waals surface area contributed by atoms with E-state index in [-0.39, 0.29) is 5.82 Å². The van der Waals surface area contributed by atoms with E-state index < -0.39 is 0 Å². The molecule has 2 aromatic carbocycles. The van der Waals surface area contributed by atoms with Crippen molar-refractivity contribution in [2.45, 2.75) is 6.54 Å². The van der Waals surface area contributed by atoms with Crippen LogP contribution in [-0.4, -0.2) is 4.98 Å². The molecule has 3 aromatic rings. The number of nitrogens with zero attached hydrogens (tertiary/aromatic N) is 1. The Labute approximate surface area is 132 Å². The third kappa shape index (κ3) is 2.89. The lowest BCUT2D eigenvalue weighted by molar-refractivity contribution is 1.13. The summed E-state index contributed by atoms with van der Waals surface area (Å²) < 4.78 is 0. The molecule has 0 saturated heterocycles. The Morgan fingerprint density at radius 2 is 1.76 bits per heavy atom. The number of nitrogen functional groups attached to an aromatic ring is 1. The summed E-state index contributed by atoms with van der Waals surface area (Å²) in [5.41, 5.74) is 6.87. The lowest BCUT2D eigenvalue weighted by Crippen LogP contribution is -2.04. The zero-order valence-electron chi connectivity index (χ0n) is 11.1. The van der Waals surface area contributed by atoms with Crippen LogP contribution < -0.4 is 11.1 Å². The molecule has 0 aliphatic carbocycles. The fourth-order valence-electron chi connectivity index (χ4n) is 2.23. The summed E-state index contributed by atoms with van der Waals surface area (Å²) in [4.78, 5) is 4.17. The number of benzene rings is 2. The molecule has 106 valence electrons. The smallest absolute Gasteiger partial charge is 0.147 e. The fraction of sp³-hybridized carbons (Fsp3) is 0.0625. The Balaban J connectivity index is 1.89. The van der Waals surface area contributed by atoms with Crippen LogP contribution in [0.15, 0.2) is 48.5 Å². The van der Waals surface area contributed by atoms with Gasteiger partial charge in [0.2, 0.25) is 0 Å². The Morgan fingerprint density at radius 1 is 1.00 bits per heavy atom. The first-order chi connectivity index (χ1) is 10.1. The Hall–Kier alpha value is -1.97. The van der Waals surface area contributed by atoms with Gasteiger partial charge in [-0.05, 0) is 22.4 Å². The molecule has 3 nitrogen and oxygen atoms in total. The fourth-order valence-corrected chi connectivity index (χ4v) is 2.66. The van der Waals surface area contributed by atoms with Crippen molar-refractivity contribution in [3.8, 4) is 0 Å². The van der Waals surface area contributed by atoms with Crippen molar-refractivity contribution in [3.05, 3.63) is 64.1 Å². The van der Waals surface area contributed by atoms with Crippen LogP contribution in [0.25, 0.3) is 10.8 Å². The average molecular weight is 318 g/mol. The maximum absolute atomic E-state index is 6.12. The summed E-state index contributed by atoms with van der Waals surface area (Å²) in [6.07, 6.45) is 0. The number of anilines is 2. The number of nitrogens with two attached hydrogens (primary N) is 1. The highest BCUT2D eigenvalue weighted by atomic mass is 35.5. The second-order valence-electron chi connectivity index (χ2n) is 4.68. The van der Waals surface area contributed by atoms with Crippen molar-refractivity contribution in [2.24, 2.45) is 0 Å². The Bertz CT molecular complexity index is 797. The number of hydrogen-bond acceptors (Lipinski definition) is 3. The van der Waals surface area contributed by atoms with E-state index in [4.69, 9.17) is 28.9 Å². The van der Waals surface area contributed by atoms with Crippen LogP contribution in [-0.2, 0) is 6.54 Å². The molecule has 3 N–H and O–H groups in total. The molecule has 0 spiro atoms. The first-order valence-corrected chi connectivity index (χ1v) is 7.23. The zero-order chi connectivity index (χ0) is 14.8. The Morgan fingerprint density at radius 3 is 2.62 bits per heavy atom. The van der Waals surface area contributed by atoms with Crippen LogP contribution in [0.4, 0.5) is 11.6 Å². The molecule has 3 rings (SSSR count). The third-order valence-electron chi connectivity index (χ3n) is 3.28. The van der Waals surface area contributed by atoms with Crippen LogP contribution in [0, 0.1) is 0 Å². The number of aromatic nitrogens is 1. The molecule has 0 unspecified atom stereocenters. The monoisotopic (exact) mass is 317 g/mol. The molecule has 0 bridgehead atoms. The average Bonchev–Trinajstić information content (AvgIpc) is 2.49. The van der Waals surface area contributed by atoms with Gasteiger partial charge in [0.05, 0.1) is 10.0 Å². The first-order valence-electron chi connectivity index (χ1n) is 6.47. The maximum atomic E-state index is 6.12. The summed E-state index contributed by atoms with van der Waals surface area (Å²) in [6.45, 7) is 0.606. The van der Waals surface area contributed by atoms with Crippen LogP contribution in [0.5, 0.6) is 0 Å². The van der Waals surface area contributed by atoms with Gasteiger partial charge < -0.3 is 11.1 Å². The maximum Gasteiger partial charge on any atom is 0.147 e. The number of pyridine rings is 1. The van der Waals surface area contributed by atoms with Gasteiger partial charge in [-0.25, -0.2) is 4.98 Å². The van der Waals surface area contributed by atoms with Crippen LogP contribution in [0.1, 0.15) is 5.56 Å². The van der Waals surface area contributed by atoms with E-state index in [1.807, 2.05) is 18.2 Å². The van der Waals surface area contributed by atoms with Gasteiger partial charge in [-0.1, -0.05) is 65.7 Å². The largest absolute Gasteiger partial charge is 0.382 e. The molecule has 0 radical (unpaired) electrons. The minimum absolute atomic E-state index is 0.265. The van der Waals surface area contributed by atoms with Crippen LogP contribution >= 0.6 is 23.2 Å². The second kappa shape index (κ2) is 5.80. The minimum atomic E-state index is 0.265. The number of halogens is 2. The highest BCUT2D eigenvalue weighted by molar-refractivity contribution is 6.37. The summed E-state index contributed by atoms with van der Waals surface area (Å²) >= 11 is 12.0. The summed E-state index contributed by atoms with van der Waals surface area (Å²) in [5, 5.41) is 6.42.